The molecule has 0 amide bonds. The van der Waals surface area contributed by atoms with Crippen molar-refractivity contribution in [2.45, 2.75) is 45.3 Å². The molecule has 0 N–H and O–H groups in total. The third-order valence-electron chi connectivity index (χ3n) is 2.02. The van der Waals surface area contributed by atoms with Crippen LogP contribution in [0.3, 0.4) is 0 Å². The molecular formula is C9H17NO2. The summed E-state index contributed by atoms with van der Waals surface area (Å²) < 4.78 is 5.79. The van der Waals surface area contributed by atoms with Crippen molar-refractivity contribution in [3.05, 3.63) is 0 Å². The average Bonchev–Trinajstić information content (AvgIpc) is 2.01. The van der Waals surface area contributed by atoms with Crippen LogP contribution in [0.25, 0.3) is 0 Å². The van der Waals surface area contributed by atoms with Crippen LogP contribution in [0.5, 0.6) is 0 Å². The fourth-order valence-electron chi connectivity index (χ4n) is 1.65. The molecule has 0 bridgehead atoms. The second-order valence-corrected chi connectivity index (χ2v) is 4.27. The number of rotatable bonds is 1. The van der Waals surface area contributed by atoms with Gasteiger partial charge in [-0.1, -0.05) is 5.16 Å². The first kappa shape index (κ1) is 9.52. The lowest BCUT2D eigenvalue weighted by Gasteiger charge is -2.22. The molecule has 0 aliphatic carbocycles. The maximum atomic E-state index is 5.79. The minimum absolute atomic E-state index is 0.110. The molecular weight excluding hydrogens is 154 g/mol. The largest absolute Gasteiger partial charge is 0.399 e. The van der Waals surface area contributed by atoms with Crippen LogP contribution in [-0.2, 0) is 9.57 Å². The van der Waals surface area contributed by atoms with Crippen LogP contribution >= 0.6 is 0 Å². The molecule has 0 aromatic carbocycles. The number of hydrogen-bond acceptors (Lipinski definition) is 3. The molecule has 0 spiro atoms. The Bertz CT molecular complexity index is 207. The van der Waals surface area contributed by atoms with Crippen LogP contribution in [0, 0.1) is 0 Å². The van der Waals surface area contributed by atoms with Gasteiger partial charge in [0, 0.05) is 6.42 Å². The second kappa shape index (κ2) is 2.73. The lowest BCUT2D eigenvalue weighted by molar-refractivity contribution is -0.0519. The van der Waals surface area contributed by atoms with Crippen molar-refractivity contribution in [1.82, 2.24) is 0 Å². The SMILES string of the molecule is CO/N=C1/CC(C)(C)OC1(C)C. The summed E-state index contributed by atoms with van der Waals surface area (Å²) in [6, 6.07) is 0. The molecule has 3 heteroatoms. The summed E-state index contributed by atoms with van der Waals surface area (Å²) in [5, 5.41) is 3.96. The topological polar surface area (TPSA) is 30.8 Å². The highest BCUT2D eigenvalue weighted by atomic mass is 16.6. The monoisotopic (exact) mass is 171 g/mol. The predicted molar refractivity (Wildman–Crippen MR) is 48.3 cm³/mol. The second-order valence-electron chi connectivity index (χ2n) is 4.27. The zero-order chi connectivity index (χ0) is 9.41. The van der Waals surface area contributed by atoms with Crippen molar-refractivity contribution in [1.29, 1.82) is 0 Å². The molecule has 0 aromatic rings. The Kier molecular flexibility index (Phi) is 2.17. The van der Waals surface area contributed by atoms with E-state index < -0.39 is 0 Å². The molecule has 0 unspecified atom stereocenters. The first-order valence-corrected chi connectivity index (χ1v) is 4.18. The van der Waals surface area contributed by atoms with E-state index >= 15 is 0 Å². The molecule has 1 fully saturated rings. The van der Waals surface area contributed by atoms with Gasteiger partial charge in [-0.25, -0.2) is 0 Å². The molecule has 1 aliphatic rings. The van der Waals surface area contributed by atoms with E-state index in [1.54, 1.807) is 7.11 Å². The fraction of sp³-hybridized carbons (Fsp3) is 0.889. The highest BCUT2D eigenvalue weighted by molar-refractivity contribution is 5.94. The maximum absolute atomic E-state index is 5.79. The third kappa shape index (κ3) is 1.78. The lowest BCUT2D eigenvalue weighted by Crippen LogP contribution is -2.29. The van der Waals surface area contributed by atoms with E-state index in [1.165, 1.54) is 0 Å². The predicted octanol–water partition coefficient (Wildman–Crippen LogP) is 1.97. The quantitative estimate of drug-likeness (QED) is 0.565. The summed E-state index contributed by atoms with van der Waals surface area (Å²) in [7, 11) is 1.56. The third-order valence-corrected chi connectivity index (χ3v) is 2.02. The van der Waals surface area contributed by atoms with E-state index in [-0.39, 0.29) is 11.2 Å². The number of nitrogens with zero attached hydrogens (tertiary/aromatic N) is 1. The lowest BCUT2D eigenvalue weighted by atomic mass is 9.98. The Balaban J connectivity index is 2.85. The van der Waals surface area contributed by atoms with Crippen molar-refractivity contribution in [3.63, 3.8) is 0 Å². The van der Waals surface area contributed by atoms with E-state index in [4.69, 9.17) is 9.57 Å². The van der Waals surface area contributed by atoms with Gasteiger partial charge in [0.2, 0.25) is 0 Å². The van der Waals surface area contributed by atoms with Gasteiger partial charge in [-0.2, -0.15) is 0 Å². The average molecular weight is 171 g/mol. The van der Waals surface area contributed by atoms with Crippen molar-refractivity contribution < 1.29 is 9.57 Å². The zero-order valence-corrected chi connectivity index (χ0v) is 8.47. The van der Waals surface area contributed by atoms with Gasteiger partial charge >= 0.3 is 0 Å². The fourth-order valence-corrected chi connectivity index (χ4v) is 1.65. The van der Waals surface area contributed by atoms with Gasteiger partial charge in [-0.15, -0.1) is 0 Å². The summed E-state index contributed by atoms with van der Waals surface area (Å²) in [4.78, 5) is 4.76. The summed E-state index contributed by atoms with van der Waals surface area (Å²) >= 11 is 0. The van der Waals surface area contributed by atoms with Crippen LogP contribution in [0.15, 0.2) is 5.16 Å². The number of oxime groups is 1. The summed E-state index contributed by atoms with van der Waals surface area (Å²) in [6.45, 7) is 8.15. The van der Waals surface area contributed by atoms with Crippen LogP contribution in [0.4, 0.5) is 0 Å². The molecule has 0 saturated carbocycles. The Labute approximate surface area is 73.7 Å². The minimum Gasteiger partial charge on any atom is -0.399 e. The number of ether oxygens (including phenoxy) is 1. The van der Waals surface area contributed by atoms with E-state index in [1.807, 2.05) is 13.8 Å². The first-order valence-electron chi connectivity index (χ1n) is 4.18. The first-order chi connectivity index (χ1) is 5.37. The van der Waals surface area contributed by atoms with E-state index in [0.717, 1.165) is 12.1 Å². The van der Waals surface area contributed by atoms with Gasteiger partial charge in [0.1, 0.15) is 12.7 Å². The van der Waals surface area contributed by atoms with Crippen molar-refractivity contribution in [3.8, 4) is 0 Å². The summed E-state index contributed by atoms with van der Waals surface area (Å²) in [5.41, 5.74) is 0.593. The Hall–Kier alpha value is -0.570. The molecule has 0 radical (unpaired) electrons. The molecule has 0 atom stereocenters. The van der Waals surface area contributed by atoms with Crippen LogP contribution in [0.2, 0.25) is 0 Å². The maximum Gasteiger partial charge on any atom is 0.106 e. The molecule has 1 heterocycles. The van der Waals surface area contributed by atoms with Gasteiger partial charge in [0.05, 0.1) is 11.3 Å². The number of hydrogen-bond donors (Lipinski definition) is 0. The Morgan fingerprint density at radius 2 is 1.92 bits per heavy atom. The van der Waals surface area contributed by atoms with Gasteiger partial charge in [0.25, 0.3) is 0 Å². The van der Waals surface area contributed by atoms with E-state index in [2.05, 4.69) is 19.0 Å². The van der Waals surface area contributed by atoms with Crippen molar-refractivity contribution in [2.75, 3.05) is 7.11 Å². The Morgan fingerprint density at radius 1 is 1.33 bits per heavy atom. The van der Waals surface area contributed by atoms with Gasteiger partial charge in [-0.3, -0.25) is 0 Å². The summed E-state index contributed by atoms with van der Waals surface area (Å²) in [5.74, 6) is 0. The molecule has 12 heavy (non-hydrogen) atoms. The molecule has 0 aromatic heterocycles. The highest BCUT2D eigenvalue weighted by Crippen LogP contribution is 2.34. The molecule has 3 nitrogen and oxygen atoms in total. The normalized spacial score (nSPS) is 29.2. The van der Waals surface area contributed by atoms with Crippen LogP contribution in [0.1, 0.15) is 34.1 Å². The smallest absolute Gasteiger partial charge is 0.106 e. The van der Waals surface area contributed by atoms with Crippen molar-refractivity contribution >= 4 is 5.71 Å². The zero-order valence-electron chi connectivity index (χ0n) is 8.47. The van der Waals surface area contributed by atoms with Crippen LogP contribution in [-0.4, -0.2) is 24.0 Å². The van der Waals surface area contributed by atoms with Gasteiger partial charge in [0.15, 0.2) is 0 Å². The molecule has 1 saturated heterocycles. The Morgan fingerprint density at radius 3 is 2.25 bits per heavy atom. The molecule has 70 valence electrons. The van der Waals surface area contributed by atoms with Gasteiger partial charge < -0.3 is 9.57 Å². The molecule has 1 aliphatic heterocycles. The molecule has 1 rings (SSSR count). The highest BCUT2D eigenvalue weighted by Gasteiger charge is 2.43. The van der Waals surface area contributed by atoms with E-state index in [0.29, 0.717) is 0 Å². The van der Waals surface area contributed by atoms with Crippen LogP contribution < -0.4 is 0 Å². The standard InChI is InChI=1S/C9H17NO2/c1-8(2)6-7(10-11-5)9(3,4)12-8/h6H2,1-5H3/b10-7-. The van der Waals surface area contributed by atoms with Crippen molar-refractivity contribution in [2.24, 2.45) is 5.16 Å². The van der Waals surface area contributed by atoms with Gasteiger partial charge in [-0.05, 0) is 27.7 Å². The minimum atomic E-state index is -0.278. The van der Waals surface area contributed by atoms with E-state index in [9.17, 15) is 0 Å². The summed E-state index contributed by atoms with van der Waals surface area (Å²) in [6.07, 6.45) is 0.841.